The molecule has 0 radical (unpaired) electrons. The first-order valence-corrected chi connectivity index (χ1v) is 7.55. The van der Waals surface area contributed by atoms with Crippen LogP contribution in [-0.4, -0.2) is 50.4 Å². The second kappa shape index (κ2) is 6.14. The van der Waals surface area contributed by atoms with Crippen LogP contribution in [0, 0.1) is 0 Å². The van der Waals surface area contributed by atoms with Gasteiger partial charge in [0.05, 0.1) is 31.0 Å². The van der Waals surface area contributed by atoms with E-state index in [4.69, 9.17) is 4.74 Å². The van der Waals surface area contributed by atoms with Crippen molar-refractivity contribution in [2.75, 3.05) is 19.8 Å². The minimum atomic E-state index is -4.41. The number of hydrogen-bond donors (Lipinski definition) is 0. The van der Waals surface area contributed by atoms with Crippen LogP contribution in [0.25, 0.3) is 5.69 Å². The van der Waals surface area contributed by atoms with Crippen molar-refractivity contribution < 1.29 is 17.9 Å². The number of benzene rings is 1. The third kappa shape index (κ3) is 3.41. The third-order valence-corrected chi connectivity index (χ3v) is 4.10. The highest BCUT2D eigenvalue weighted by Crippen LogP contribution is 2.30. The number of ether oxygens (including phenoxy) is 1. The van der Waals surface area contributed by atoms with Crippen molar-refractivity contribution >= 4 is 0 Å². The quantitative estimate of drug-likeness (QED) is 0.857. The van der Waals surface area contributed by atoms with Crippen LogP contribution >= 0.6 is 0 Å². The molecule has 0 bridgehead atoms. The van der Waals surface area contributed by atoms with Gasteiger partial charge in [-0.1, -0.05) is 6.07 Å². The number of halogens is 3. The molecule has 0 spiro atoms. The normalized spacial score (nSPS) is 18.7. The molecular formula is C15H18F3N5O. The van der Waals surface area contributed by atoms with Crippen molar-refractivity contribution in [2.45, 2.75) is 32.1 Å². The second-order valence-corrected chi connectivity index (χ2v) is 6.34. The molecule has 0 saturated carbocycles. The number of nitrogens with zero attached hydrogens (tertiary/aromatic N) is 5. The highest BCUT2D eigenvalue weighted by atomic mass is 19.4. The summed E-state index contributed by atoms with van der Waals surface area (Å²) >= 11 is 0. The predicted octanol–water partition coefficient (Wildman–Crippen LogP) is 2.29. The second-order valence-electron chi connectivity index (χ2n) is 6.34. The number of tetrazole rings is 1. The molecular weight excluding hydrogens is 323 g/mol. The van der Waals surface area contributed by atoms with Gasteiger partial charge >= 0.3 is 6.18 Å². The molecule has 0 amide bonds. The lowest BCUT2D eigenvalue weighted by Crippen LogP contribution is -2.52. The summed E-state index contributed by atoms with van der Waals surface area (Å²) in [6, 6.07) is 4.98. The molecule has 24 heavy (non-hydrogen) atoms. The van der Waals surface area contributed by atoms with E-state index in [1.807, 2.05) is 13.8 Å². The molecule has 0 N–H and O–H groups in total. The Morgan fingerprint density at radius 3 is 2.79 bits per heavy atom. The van der Waals surface area contributed by atoms with Gasteiger partial charge in [-0.2, -0.15) is 17.9 Å². The molecule has 0 atom stereocenters. The Hall–Kier alpha value is -2.00. The molecule has 0 aliphatic carbocycles. The maximum Gasteiger partial charge on any atom is 0.416 e. The zero-order valence-electron chi connectivity index (χ0n) is 13.4. The van der Waals surface area contributed by atoms with Crippen molar-refractivity contribution in [1.82, 2.24) is 25.1 Å². The topological polar surface area (TPSA) is 56.1 Å². The number of aromatic nitrogens is 4. The molecule has 3 rings (SSSR count). The molecule has 6 nitrogen and oxygen atoms in total. The van der Waals surface area contributed by atoms with E-state index >= 15 is 0 Å². The summed E-state index contributed by atoms with van der Waals surface area (Å²) in [5.41, 5.74) is -0.632. The van der Waals surface area contributed by atoms with E-state index < -0.39 is 11.7 Å². The molecule has 1 aromatic heterocycles. The van der Waals surface area contributed by atoms with Gasteiger partial charge in [-0.05, 0) is 42.5 Å². The van der Waals surface area contributed by atoms with Gasteiger partial charge in [-0.25, -0.2) is 0 Å². The molecule has 9 heteroatoms. The minimum Gasteiger partial charge on any atom is -0.378 e. The van der Waals surface area contributed by atoms with Crippen LogP contribution in [0.5, 0.6) is 0 Å². The fourth-order valence-electron chi connectivity index (χ4n) is 2.67. The van der Waals surface area contributed by atoms with Crippen LogP contribution in [-0.2, 0) is 17.5 Å². The van der Waals surface area contributed by atoms with E-state index in [1.165, 1.54) is 10.7 Å². The number of alkyl halides is 3. The Bertz CT molecular complexity index is 713. The van der Waals surface area contributed by atoms with Gasteiger partial charge in [0.2, 0.25) is 0 Å². The monoisotopic (exact) mass is 341 g/mol. The standard InChI is InChI=1S/C15H18F3N5O/c1-14(2)10-24-7-6-22(14)9-13-19-20-21-23(13)12-5-3-4-11(8-12)15(16,17)18/h3-5,8H,6-7,9-10H2,1-2H3. The Labute approximate surface area is 137 Å². The molecule has 1 aliphatic rings. The van der Waals surface area contributed by atoms with Gasteiger partial charge < -0.3 is 4.74 Å². The fourth-order valence-corrected chi connectivity index (χ4v) is 2.67. The lowest BCUT2D eigenvalue weighted by atomic mass is 10.0. The van der Waals surface area contributed by atoms with Crippen molar-refractivity contribution in [3.63, 3.8) is 0 Å². The number of morpholine rings is 1. The largest absolute Gasteiger partial charge is 0.416 e. The Kier molecular flexibility index (Phi) is 4.31. The summed E-state index contributed by atoms with van der Waals surface area (Å²) in [5, 5.41) is 11.5. The van der Waals surface area contributed by atoms with Crippen LogP contribution in [0.3, 0.4) is 0 Å². The summed E-state index contributed by atoms with van der Waals surface area (Å²) in [6.07, 6.45) is -4.41. The first kappa shape index (κ1) is 16.8. The van der Waals surface area contributed by atoms with E-state index in [0.717, 1.165) is 12.1 Å². The summed E-state index contributed by atoms with van der Waals surface area (Å²) < 4.78 is 45.5. The maximum absolute atomic E-state index is 12.9. The summed E-state index contributed by atoms with van der Waals surface area (Å²) in [5.74, 6) is 0.490. The van der Waals surface area contributed by atoms with Crippen LogP contribution < -0.4 is 0 Å². The van der Waals surface area contributed by atoms with Gasteiger partial charge in [0.25, 0.3) is 0 Å². The first-order chi connectivity index (χ1) is 11.3. The minimum absolute atomic E-state index is 0.192. The van der Waals surface area contributed by atoms with Gasteiger partial charge in [-0.15, -0.1) is 5.10 Å². The van der Waals surface area contributed by atoms with Crippen LogP contribution in [0.15, 0.2) is 24.3 Å². The van der Waals surface area contributed by atoms with Crippen LogP contribution in [0.4, 0.5) is 13.2 Å². The zero-order valence-corrected chi connectivity index (χ0v) is 13.4. The van der Waals surface area contributed by atoms with Crippen molar-refractivity contribution in [3.05, 3.63) is 35.7 Å². The maximum atomic E-state index is 12.9. The summed E-state index contributed by atoms with van der Waals surface area (Å²) in [4.78, 5) is 2.16. The van der Waals surface area contributed by atoms with E-state index in [-0.39, 0.29) is 11.2 Å². The third-order valence-electron chi connectivity index (χ3n) is 4.10. The Balaban J connectivity index is 1.88. The van der Waals surface area contributed by atoms with E-state index in [9.17, 15) is 13.2 Å². The molecule has 1 aromatic carbocycles. The van der Waals surface area contributed by atoms with Gasteiger partial charge in [-0.3, -0.25) is 4.90 Å². The average molecular weight is 341 g/mol. The van der Waals surface area contributed by atoms with Crippen LogP contribution in [0.2, 0.25) is 0 Å². The lowest BCUT2D eigenvalue weighted by Gasteiger charge is -2.41. The number of rotatable bonds is 3. The van der Waals surface area contributed by atoms with Gasteiger partial charge in [0, 0.05) is 12.1 Å². The van der Waals surface area contributed by atoms with E-state index in [1.54, 1.807) is 6.07 Å². The van der Waals surface area contributed by atoms with Crippen molar-refractivity contribution in [1.29, 1.82) is 0 Å². The molecule has 1 fully saturated rings. The van der Waals surface area contributed by atoms with E-state index in [2.05, 4.69) is 20.4 Å². The summed E-state index contributed by atoms with van der Waals surface area (Å²) in [6.45, 7) is 6.42. The fraction of sp³-hybridized carbons (Fsp3) is 0.533. The Morgan fingerprint density at radius 2 is 2.08 bits per heavy atom. The molecule has 130 valence electrons. The highest BCUT2D eigenvalue weighted by Gasteiger charge is 2.33. The predicted molar refractivity (Wildman–Crippen MR) is 79.5 cm³/mol. The summed E-state index contributed by atoms with van der Waals surface area (Å²) in [7, 11) is 0. The number of hydrogen-bond acceptors (Lipinski definition) is 5. The zero-order chi connectivity index (χ0) is 17.4. The molecule has 1 saturated heterocycles. The first-order valence-electron chi connectivity index (χ1n) is 7.55. The van der Waals surface area contributed by atoms with Gasteiger partial charge in [0.15, 0.2) is 5.82 Å². The molecule has 2 heterocycles. The molecule has 2 aromatic rings. The van der Waals surface area contributed by atoms with Crippen LogP contribution in [0.1, 0.15) is 25.2 Å². The van der Waals surface area contributed by atoms with Crippen molar-refractivity contribution in [3.8, 4) is 5.69 Å². The Morgan fingerprint density at radius 1 is 1.29 bits per heavy atom. The van der Waals surface area contributed by atoms with E-state index in [0.29, 0.717) is 32.1 Å². The van der Waals surface area contributed by atoms with Crippen molar-refractivity contribution in [2.24, 2.45) is 0 Å². The van der Waals surface area contributed by atoms with Gasteiger partial charge in [0.1, 0.15) is 0 Å². The molecule has 1 aliphatic heterocycles. The lowest BCUT2D eigenvalue weighted by molar-refractivity contribution is -0.137. The average Bonchev–Trinajstić information content (AvgIpc) is 2.97. The highest BCUT2D eigenvalue weighted by molar-refractivity contribution is 5.36. The molecule has 0 unspecified atom stereocenters. The SMILES string of the molecule is CC1(C)COCCN1Cc1nnnn1-c1cccc(C(F)(F)F)c1. The smallest absolute Gasteiger partial charge is 0.378 e.